The van der Waals surface area contributed by atoms with Crippen LogP contribution in [-0.2, 0) is 19.5 Å². The van der Waals surface area contributed by atoms with Crippen molar-refractivity contribution < 1.29 is 0 Å². The number of anilines is 1. The highest BCUT2D eigenvalue weighted by molar-refractivity contribution is 6.31. The molecule has 1 aromatic carbocycles. The predicted octanol–water partition coefficient (Wildman–Crippen LogP) is 4.43. The number of aryl methyl sites for hydroxylation is 3. The molecule has 3 nitrogen and oxygen atoms in total. The van der Waals surface area contributed by atoms with Crippen molar-refractivity contribution in [3.8, 4) is 0 Å². The third-order valence-electron chi connectivity index (χ3n) is 3.41. The van der Waals surface area contributed by atoms with Crippen molar-refractivity contribution in [3.63, 3.8) is 0 Å². The van der Waals surface area contributed by atoms with Gasteiger partial charge in [0.25, 0.3) is 0 Å². The lowest BCUT2D eigenvalue weighted by Gasteiger charge is -2.09. The van der Waals surface area contributed by atoms with E-state index in [-0.39, 0.29) is 0 Å². The van der Waals surface area contributed by atoms with Crippen molar-refractivity contribution >= 4 is 17.3 Å². The van der Waals surface area contributed by atoms with Gasteiger partial charge in [-0.1, -0.05) is 37.1 Å². The summed E-state index contributed by atoms with van der Waals surface area (Å²) in [5, 5.41) is 8.60. The molecule has 1 heterocycles. The zero-order valence-electron chi connectivity index (χ0n) is 12.4. The summed E-state index contributed by atoms with van der Waals surface area (Å²) in [6.07, 6.45) is 2.31. The van der Waals surface area contributed by atoms with E-state index in [9.17, 15) is 0 Å². The van der Waals surface area contributed by atoms with Gasteiger partial charge in [0.15, 0.2) is 0 Å². The summed E-state index contributed by atoms with van der Waals surface area (Å²) in [7, 11) is 0. The standard InChI is InChI=1S/C16H22ClN3/c1-4-6-13-7-9-14(10-8-13)18-11-15-16(17)12(3)19-20(15)5-2/h7-10,18H,4-6,11H2,1-3H3. The predicted molar refractivity (Wildman–Crippen MR) is 85.4 cm³/mol. The molecule has 0 fully saturated rings. The van der Waals surface area contributed by atoms with Gasteiger partial charge in [0.05, 0.1) is 23.0 Å². The fraction of sp³-hybridized carbons (Fsp3) is 0.438. The first-order valence-corrected chi connectivity index (χ1v) is 7.58. The highest BCUT2D eigenvalue weighted by Gasteiger charge is 2.11. The molecule has 0 aliphatic rings. The van der Waals surface area contributed by atoms with Gasteiger partial charge in [-0.15, -0.1) is 0 Å². The summed E-state index contributed by atoms with van der Waals surface area (Å²) in [6, 6.07) is 8.60. The van der Waals surface area contributed by atoms with Crippen LogP contribution in [0.3, 0.4) is 0 Å². The number of nitrogens with zero attached hydrogens (tertiary/aromatic N) is 2. The Bertz CT molecular complexity index is 558. The maximum atomic E-state index is 6.30. The fourth-order valence-corrected chi connectivity index (χ4v) is 2.50. The molecule has 0 saturated carbocycles. The number of rotatable bonds is 6. The van der Waals surface area contributed by atoms with E-state index in [1.807, 2.05) is 11.6 Å². The molecule has 1 aromatic heterocycles. The smallest absolute Gasteiger partial charge is 0.0865 e. The van der Waals surface area contributed by atoms with Crippen LogP contribution >= 0.6 is 11.6 Å². The molecular weight excluding hydrogens is 270 g/mol. The summed E-state index contributed by atoms with van der Waals surface area (Å²) < 4.78 is 1.95. The minimum absolute atomic E-state index is 0.695. The Morgan fingerprint density at radius 3 is 2.50 bits per heavy atom. The Balaban J connectivity index is 2.05. The highest BCUT2D eigenvalue weighted by atomic mass is 35.5. The van der Waals surface area contributed by atoms with E-state index in [1.165, 1.54) is 12.0 Å². The van der Waals surface area contributed by atoms with Crippen LogP contribution in [-0.4, -0.2) is 9.78 Å². The average Bonchev–Trinajstić information content (AvgIpc) is 2.74. The lowest BCUT2D eigenvalue weighted by Crippen LogP contribution is -2.08. The number of halogens is 1. The van der Waals surface area contributed by atoms with Crippen LogP contribution in [0.4, 0.5) is 5.69 Å². The van der Waals surface area contributed by atoms with Crippen molar-refractivity contribution in [1.82, 2.24) is 9.78 Å². The van der Waals surface area contributed by atoms with Gasteiger partial charge in [0.2, 0.25) is 0 Å². The molecule has 0 aliphatic carbocycles. The van der Waals surface area contributed by atoms with E-state index >= 15 is 0 Å². The quantitative estimate of drug-likeness (QED) is 0.853. The second kappa shape index (κ2) is 6.80. The Morgan fingerprint density at radius 2 is 1.90 bits per heavy atom. The lowest BCUT2D eigenvalue weighted by atomic mass is 10.1. The fourth-order valence-electron chi connectivity index (χ4n) is 2.30. The van der Waals surface area contributed by atoms with Crippen LogP contribution in [0.1, 0.15) is 37.2 Å². The van der Waals surface area contributed by atoms with Crippen molar-refractivity contribution in [2.75, 3.05) is 5.32 Å². The third-order valence-corrected chi connectivity index (χ3v) is 3.90. The van der Waals surface area contributed by atoms with Crippen LogP contribution in [0.15, 0.2) is 24.3 Å². The van der Waals surface area contributed by atoms with Crippen molar-refractivity contribution in [3.05, 3.63) is 46.2 Å². The molecule has 4 heteroatoms. The van der Waals surface area contributed by atoms with Crippen molar-refractivity contribution in [2.45, 2.75) is 46.7 Å². The Hall–Kier alpha value is -1.48. The third kappa shape index (κ3) is 3.34. The summed E-state index contributed by atoms with van der Waals surface area (Å²) >= 11 is 6.30. The maximum Gasteiger partial charge on any atom is 0.0865 e. The largest absolute Gasteiger partial charge is 0.379 e. The Labute approximate surface area is 126 Å². The van der Waals surface area contributed by atoms with Crippen molar-refractivity contribution in [1.29, 1.82) is 0 Å². The number of aromatic nitrogens is 2. The summed E-state index contributed by atoms with van der Waals surface area (Å²) in [4.78, 5) is 0. The number of hydrogen-bond acceptors (Lipinski definition) is 2. The SMILES string of the molecule is CCCc1ccc(NCc2c(Cl)c(C)nn2CC)cc1. The number of hydrogen-bond donors (Lipinski definition) is 1. The average molecular weight is 292 g/mol. The zero-order valence-corrected chi connectivity index (χ0v) is 13.2. The molecule has 20 heavy (non-hydrogen) atoms. The Kier molecular flexibility index (Phi) is 5.07. The molecule has 1 N–H and O–H groups in total. The van der Waals surface area contributed by atoms with E-state index in [1.54, 1.807) is 0 Å². The Morgan fingerprint density at radius 1 is 1.20 bits per heavy atom. The minimum Gasteiger partial charge on any atom is -0.379 e. The first-order valence-electron chi connectivity index (χ1n) is 7.20. The summed E-state index contributed by atoms with van der Waals surface area (Å²) in [6.45, 7) is 7.74. The monoisotopic (exact) mass is 291 g/mol. The number of benzene rings is 1. The molecule has 0 aliphatic heterocycles. The second-order valence-electron chi connectivity index (χ2n) is 4.96. The molecule has 108 valence electrons. The first-order chi connectivity index (χ1) is 9.65. The molecule has 0 amide bonds. The first kappa shape index (κ1) is 14.9. The molecule has 0 atom stereocenters. The second-order valence-corrected chi connectivity index (χ2v) is 5.34. The maximum absolute atomic E-state index is 6.30. The van der Waals surface area contributed by atoms with E-state index in [2.05, 4.69) is 48.5 Å². The van der Waals surface area contributed by atoms with Crippen LogP contribution in [0.25, 0.3) is 0 Å². The van der Waals surface area contributed by atoms with Crippen LogP contribution in [0, 0.1) is 6.92 Å². The van der Waals surface area contributed by atoms with Gasteiger partial charge in [-0.05, 0) is 38.0 Å². The highest BCUT2D eigenvalue weighted by Crippen LogP contribution is 2.21. The normalized spacial score (nSPS) is 10.8. The lowest BCUT2D eigenvalue weighted by molar-refractivity contribution is 0.623. The van der Waals surface area contributed by atoms with E-state index in [4.69, 9.17) is 11.6 Å². The molecule has 2 aromatic rings. The molecule has 0 bridgehead atoms. The minimum atomic E-state index is 0.695. The number of nitrogens with one attached hydrogen (secondary N) is 1. The van der Waals surface area contributed by atoms with E-state index < -0.39 is 0 Å². The molecule has 0 saturated heterocycles. The van der Waals surface area contributed by atoms with E-state index in [0.717, 1.165) is 35.1 Å². The van der Waals surface area contributed by atoms with Crippen LogP contribution in [0.5, 0.6) is 0 Å². The van der Waals surface area contributed by atoms with Gasteiger partial charge in [-0.2, -0.15) is 5.10 Å². The molecular formula is C16H22ClN3. The van der Waals surface area contributed by atoms with Gasteiger partial charge < -0.3 is 5.32 Å². The molecule has 2 rings (SSSR count). The van der Waals surface area contributed by atoms with E-state index in [0.29, 0.717) is 6.54 Å². The summed E-state index contributed by atoms with van der Waals surface area (Å²) in [5.74, 6) is 0. The van der Waals surface area contributed by atoms with Gasteiger partial charge in [-0.25, -0.2) is 0 Å². The molecule has 0 radical (unpaired) electrons. The summed E-state index contributed by atoms with van der Waals surface area (Å²) in [5.41, 5.74) is 4.43. The van der Waals surface area contributed by atoms with Gasteiger partial charge in [0, 0.05) is 12.2 Å². The van der Waals surface area contributed by atoms with Crippen molar-refractivity contribution in [2.24, 2.45) is 0 Å². The topological polar surface area (TPSA) is 29.9 Å². The van der Waals surface area contributed by atoms with Gasteiger partial charge in [-0.3, -0.25) is 4.68 Å². The molecule has 0 spiro atoms. The van der Waals surface area contributed by atoms with Crippen LogP contribution < -0.4 is 5.32 Å². The molecule has 0 unspecified atom stereocenters. The van der Waals surface area contributed by atoms with Gasteiger partial charge in [0.1, 0.15) is 0 Å². The van der Waals surface area contributed by atoms with Crippen LogP contribution in [0.2, 0.25) is 5.02 Å². The zero-order chi connectivity index (χ0) is 14.5. The van der Waals surface area contributed by atoms with Gasteiger partial charge >= 0.3 is 0 Å².